The van der Waals surface area contributed by atoms with Gasteiger partial charge < -0.3 is 15.4 Å². The van der Waals surface area contributed by atoms with Crippen molar-refractivity contribution in [3.05, 3.63) is 0 Å². The van der Waals surface area contributed by atoms with Crippen molar-refractivity contribution in [1.82, 2.24) is 10.6 Å². The van der Waals surface area contributed by atoms with E-state index in [1.54, 1.807) is 0 Å². The smallest absolute Gasteiger partial charge is 0.166 e. The molecular formula is C14H26N2OS. The molecule has 104 valence electrons. The van der Waals surface area contributed by atoms with Crippen LogP contribution in [0.2, 0.25) is 0 Å². The molecule has 1 atom stereocenters. The number of nitrogens with one attached hydrogen (secondary N) is 2. The molecule has 1 aliphatic heterocycles. The third kappa shape index (κ3) is 4.39. The summed E-state index contributed by atoms with van der Waals surface area (Å²) in [7, 11) is 0. The maximum absolute atomic E-state index is 5.57. The van der Waals surface area contributed by atoms with Gasteiger partial charge in [0.25, 0.3) is 0 Å². The zero-order valence-electron chi connectivity index (χ0n) is 11.4. The molecule has 0 radical (unpaired) electrons. The average molecular weight is 270 g/mol. The molecule has 0 aromatic carbocycles. The van der Waals surface area contributed by atoms with Crippen LogP contribution in [0.15, 0.2) is 0 Å². The highest BCUT2D eigenvalue weighted by molar-refractivity contribution is 7.80. The zero-order valence-corrected chi connectivity index (χ0v) is 12.2. The van der Waals surface area contributed by atoms with Crippen molar-refractivity contribution in [1.29, 1.82) is 0 Å². The van der Waals surface area contributed by atoms with E-state index in [4.69, 9.17) is 17.0 Å². The third-order valence-electron chi connectivity index (χ3n) is 4.27. The van der Waals surface area contributed by atoms with Crippen LogP contribution in [0.1, 0.15) is 51.9 Å². The molecule has 0 spiro atoms. The van der Waals surface area contributed by atoms with E-state index in [1.807, 2.05) is 0 Å². The molecule has 3 nitrogen and oxygen atoms in total. The van der Waals surface area contributed by atoms with Crippen molar-refractivity contribution < 1.29 is 4.74 Å². The van der Waals surface area contributed by atoms with Gasteiger partial charge in [-0.15, -0.1) is 0 Å². The van der Waals surface area contributed by atoms with Gasteiger partial charge in [-0.05, 0) is 56.7 Å². The Bertz CT molecular complexity index is 259. The van der Waals surface area contributed by atoms with Gasteiger partial charge in [-0.25, -0.2) is 0 Å². The van der Waals surface area contributed by atoms with Crippen LogP contribution < -0.4 is 10.6 Å². The second-order valence-electron chi connectivity index (χ2n) is 5.62. The van der Waals surface area contributed by atoms with E-state index in [9.17, 15) is 0 Å². The van der Waals surface area contributed by atoms with Crippen LogP contribution in [0.4, 0.5) is 0 Å². The van der Waals surface area contributed by atoms with Crippen LogP contribution in [-0.4, -0.2) is 30.4 Å². The first-order chi connectivity index (χ1) is 8.78. The largest absolute Gasteiger partial charge is 0.376 e. The van der Waals surface area contributed by atoms with Gasteiger partial charge in [-0.2, -0.15) is 0 Å². The van der Waals surface area contributed by atoms with Crippen molar-refractivity contribution >= 4 is 17.3 Å². The summed E-state index contributed by atoms with van der Waals surface area (Å²) in [6.07, 6.45) is 9.27. The van der Waals surface area contributed by atoms with Crippen LogP contribution in [0, 0.1) is 5.92 Å². The highest BCUT2D eigenvalue weighted by Gasteiger charge is 2.21. The summed E-state index contributed by atoms with van der Waals surface area (Å²) in [6, 6.07) is 0.581. The summed E-state index contributed by atoms with van der Waals surface area (Å²) in [5.74, 6) is 0.941. The normalized spacial score (nSPS) is 32.2. The first-order valence-electron chi connectivity index (χ1n) is 7.44. The van der Waals surface area contributed by atoms with E-state index in [0.717, 1.165) is 30.6 Å². The Kier molecular flexibility index (Phi) is 5.70. The molecular weight excluding hydrogens is 244 g/mol. The maximum atomic E-state index is 5.57. The van der Waals surface area contributed by atoms with Crippen LogP contribution in [0.5, 0.6) is 0 Å². The van der Waals surface area contributed by atoms with Crippen molar-refractivity contribution in [2.24, 2.45) is 5.92 Å². The Balaban J connectivity index is 1.59. The number of hydrogen-bond donors (Lipinski definition) is 2. The lowest BCUT2D eigenvalue weighted by Gasteiger charge is -2.29. The fraction of sp³-hybridized carbons (Fsp3) is 0.929. The highest BCUT2D eigenvalue weighted by Crippen LogP contribution is 2.26. The molecule has 0 aromatic heterocycles. The molecule has 18 heavy (non-hydrogen) atoms. The van der Waals surface area contributed by atoms with Crippen molar-refractivity contribution in [2.45, 2.75) is 64.0 Å². The average Bonchev–Trinajstić information content (AvgIpc) is 2.90. The molecule has 1 unspecified atom stereocenters. The zero-order chi connectivity index (χ0) is 12.8. The Morgan fingerprint density at radius 2 is 2.00 bits per heavy atom. The standard InChI is InChI=1S/C14H26N2OS/c1-2-11-5-7-12(8-6-11)16-14(18)15-10-13-4-3-9-17-13/h11-13H,2-10H2,1H3,(H2,15,16,18). The minimum atomic E-state index is 0.362. The van der Waals surface area contributed by atoms with E-state index in [0.29, 0.717) is 12.1 Å². The van der Waals surface area contributed by atoms with Crippen molar-refractivity contribution in [3.8, 4) is 0 Å². The number of thiocarbonyl (C=S) groups is 1. The van der Waals surface area contributed by atoms with Gasteiger partial charge in [0.1, 0.15) is 0 Å². The number of ether oxygens (including phenoxy) is 1. The van der Waals surface area contributed by atoms with Gasteiger partial charge >= 0.3 is 0 Å². The van der Waals surface area contributed by atoms with Gasteiger partial charge in [0.2, 0.25) is 0 Å². The molecule has 0 amide bonds. The Morgan fingerprint density at radius 1 is 1.22 bits per heavy atom. The first kappa shape index (κ1) is 14.1. The SMILES string of the molecule is CCC1CCC(NC(=S)NCC2CCCO2)CC1. The van der Waals surface area contributed by atoms with E-state index >= 15 is 0 Å². The summed E-state index contributed by atoms with van der Waals surface area (Å²) in [5, 5.41) is 7.56. The molecule has 2 N–H and O–H groups in total. The van der Waals surface area contributed by atoms with E-state index in [-0.39, 0.29) is 0 Å². The van der Waals surface area contributed by atoms with Crippen LogP contribution in [0.3, 0.4) is 0 Å². The fourth-order valence-electron chi connectivity index (χ4n) is 2.96. The molecule has 2 aliphatic rings. The molecule has 0 bridgehead atoms. The van der Waals surface area contributed by atoms with Crippen molar-refractivity contribution in [2.75, 3.05) is 13.2 Å². The van der Waals surface area contributed by atoms with E-state index < -0.39 is 0 Å². The third-order valence-corrected chi connectivity index (χ3v) is 4.54. The second-order valence-corrected chi connectivity index (χ2v) is 6.02. The lowest BCUT2D eigenvalue weighted by Crippen LogP contribution is -2.45. The van der Waals surface area contributed by atoms with Gasteiger partial charge in [-0.1, -0.05) is 13.3 Å². The minimum absolute atomic E-state index is 0.362. The van der Waals surface area contributed by atoms with Crippen LogP contribution in [0.25, 0.3) is 0 Å². The topological polar surface area (TPSA) is 33.3 Å². The lowest BCUT2D eigenvalue weighted by atomic mass is 9.85. The Labute approximate surface area is 116 Å². The summed E-state index contributed by atoms with van der Waals surface area (Å²) in [6.45, 7) is 4.07. The first-order valence-corrected chi connectivity index (χ1v) is 7.84. The summed E-state index contributed by atoms with van der Waals surface area (Å²) < 4.78 is 5.57. The molecule has 1 saturated heterocycles. The van der Waals surface area contributed by atoms with E-state index in [1.165, 1.54) is 38.5 Å². The van der Waals surface area contributed by atoms with E-state index in [2.05, 4.69) is 17.6 Å². The highest BCUT2D eigenvalue weighted by atomic mass is 32.1. The molecule has 2 rings (SSSR count). The number of rotatable bonds is 4. The molecule has 2 fully saturated rings. The van der Waals surface area contributed by atoms with Gasteiger partial charge in [0.15, 0.2) is 5.11 Å². The Hall–Kier alpha value is -0.350. The molecule has 1 saturated carbocycles. The summed E-state index contributed by atoms with van der Waals surface area (Å²) >= 11 is 5.35. The van der Waals surface area contributed by atoms with Gasteiger partial charge in [0, 0.05) is 19.2 Å². The molecule has 0 aromatic rings. The monoisotopic (exact) mass is 270 g/mol. The summed E-state index contributed by atoms with van der Waals surface area (Å²) in [4.78, 5) is 0. The Morgan fingerprint density at radius 3 is 2.61 bits per heavy atom. The predicted octanol–water partition coefficient (Wildman–Crippen LogP) is 2.60. The molecule has 1 heterocycles. The lowest BCUT2D eigenvalue weighted by molar-refractivity contribution is 0.114. The van der Waals surface area contributed by atoms with Gasteiger partial charge in [-0.3, -0.25) is 0 Å². The maximum Gasteiger partial charge on any atom is 0.166 e. The minimum Gasteiger partial charge on any atom is -0.376 e. The molecule has 4 heteroatoms. The van der Waals surface area contributed by atoms with Gasteiger partial charge in [0.05, 0.1) is 6.10 Å². The molecule has 1 aliphatic carbocycles. The number of hydrogen-bond acceptors (Lipinski definition) is 2. The van der Waals surface area contributed by atoms with Crippen LogP contribution >= 0.6 is 12.2 Å². The predicted molar refractivity (Wildman–Crippen MR) is 78.7 cm³/mol. The van der Waals surface area contributed by atoms with Crippen LogP contribution in [-0.2, 0) is 4.74 Å². The fourth-order valence-corrected chi connectivity index (χ4v) is 3.21. The quantitative estimate of drug-likeness (QED) is 0.769. The second kappa shape index (κ2) is 7.29. The van der Waals surface area contributed by atoms with Crippen molar-refractivity contribution in [3.63, 3.8) is 0 Å². The summed E-state index contributed by atoms with van der Waals surface area (Å²) in [5.41, 5.74) is 0.